The molecule has 1 aliphatic carbocycles. The van der Waals surface area contributed by atoms with E-state index in [4.69, 9.17) is 28.9 Å². The lowest BCUT2D eigenvalue weighted by Crippen LogP contribution is -2.41. The number of halogens is 2. The van der Waals surface area contributed by atoms with Crippen molar-refractivity contribution in [2.24, 2.45) is 5.73 Å². The van der Waals surface area contributed by atoms with E-state index in [2.05, 4.69) is 0 Å². The fraction of sp³-hybridized carbons (Fsp3) is 0.227. The summed E-state index contributed by atoms with van der Waals surface area (Å²) in [5, 5.41) is 0.845. The zero-order valence-corrected chi connectivity index (χ0v) is 17.0. The van der Waals surface area contributed by atoms with E-state index >= 15 is 0 Å². The van der Waals surface area contributed by atoms with E-state index in [-0.39, 0.29) is 23.7 Å². The smallest absolute Gasteiger partial charge is 0.250 e. The van der Waals surface area contributed by atoms with Crippen LogP contribution in [0.4, 0.5) is 5.69 Å². The molecule has 1 unspecified atom stereocenters. The summed E-state index contributed by atoms with van der Waals surface area (Å²) in [4.78, 5) is 39.7. The number of para-hydroxylation sites is 1. The molecule has 148 valence electrons. The Morgan fingerprint density at radius 2 is 1.69 bits per heavy atom. The van der Waals surface area contributed by atoms with Gasteiger partial charge in [0, 0.05) is 40.1 Å². The average molecular weight is 429 g/mol. The predicted molar refractivity (Wildman–Crippen MR) is 112 cm³/mol. The first-order valence-electron chi connectivity index (χ1n) is 9.32. The molecular weight excluding hydrogens is 411 g/mol. The number of primary amides is 1. The highest BCUT2D eigenvalue weighted by Gasteiger charge is 2.41. The number of allylic oxidation sites excluding steroid dienone is 2. The molecule has 2 aliphatic rings. The van der Waals surface area contributed by atoms with Crippen LogP contribution in [0.1, 0.15) is 47.5 Å². The van der Waals surface area contributed by atoms with Crippen molar-refractivity contribution in [1.29, 1.82) is 0 Å². The highest BCUT2D eigenvalue weighted by Crippen LogP contribution is 2.47. The Hall–Kier alpha value is -2.63. The van der Waals surface area contributed by atoms with Crippen molar-refractivity contribution >= 4 is 46.5 Å². The topological polar surface area (TPSA) is 80.5 Å². The molecule has 1 aliphatic heterocycles. The Balaban J connectivity index is 1.94. The number of ketones is 1. The lowest BCUT2D eigenvalue weighted by molar-refractivity contribution is -0.119. The van der Waals surface area contributed by atoms with Crippen molar-refractivity contribution in [3.63, 3.8) is 0 Å². The molecule has 1 heterocycles. The fourth-order valence-electron chi connectivity index (χ4n) is 4.24. The van der Waals surface area contributed by atoms with Crippen molar-refractivity contribution in [2.45, 2.75) is 31.6 Å². The van der Waals surface area contributed by atoms with Gasteiger partial charge < -0.3 is 5.73 Å². The molecule has 0 radical (unpaired) electrons. The van der Waals surface area contributed by atoms with E-state index in [0.29, 0.717) is 51.8 Å². The molecule has 2 amide bonds. The normalized spacial score (nSPS) is 19.4. The summed E-state index contributed by atoms with van der Waals surface area (Å²) < 4.78 is 0. The molecule has 0 bridgehead atoms. The van der Waals surface area contributed by atoms with Gasteiger partial charge in [-0.1, -0.05) is 41.4 Å². The summed E-state index contributed by atoms with van der Waals surface area (Å²) >= 11 is 12.8. The fourth-order valence-corrected chi connectivity index (χ4v) is 4.90. The third-order valence-corrected chi connectivity index (χ3v) is 6.09. The minimum absolute atomic E-state index is 0.0266. The van der Waals surface area contributed by atoms with Crippen LogP contribution in [0.5, 0.6) is 0 Å². The van der Waals surface area contributed by atoms with Gasteiger partial charge in [0.25, 0.3) is 5.91 Å². The first kappa shape index (κ1) is 19.7. The molecule has 0 fully saturated rings. The van der Waals surface area contributed by atoms with Crippen molar-refractivity contribution in [3.8, 4) is 0 Å². The van der Waals surface area contributed by atoms with Gasteiger partial charge in [-0.15, -0.1) is 0 Å². The second kappa shape index (κ2) is 7.65. The van der Waals surface area contributed by atoms with Crippen molar-refractivity contribution in [2.75, 3.05) is 4.90 Å². The second-order valence-electron chi connectivity index (χ2n) is 7.14. The number of carbonyl (C=O) groups excluding carboxylic acids is 3. The Kier molecular flexibility index (Phi) is 5.19. The zero-order chi connectivity index (χ0) is 20.7. The van der Waals surface area contributed by atoms with Gasteiger partial charge in [0.2, 0.25) is 5.91 Å². The maximum Gasteiger partial charge on any atom is 0.250 e. The minimum atomic E-state index is -0.631. The molecule has 0 saturated heterocycles. The number of hydrogen-bond acceptors (Lipinski definition) is 3. The van der Waals surface area contributed by atoms with Gasteiger partial charge in [-0.25, -0.2) is 0 Å². The Morgan fingerprint density at radius 3 is 2.38 bits per heavy atom. The van der Waals surface area contributed by atoms with E-state index in [0.717, 1.165) is 0 Å². The molecule has 0 spiro atoms. The largest absolute Gasteiger partial charge is 0.366 e. The Bertz CT molecular complexity index is 1060. The number of amides is 2. The maximum atomic E-state index is 13.3. The lowest BCUT2D eigenvalue weighted by Gasteiger charge is -2.39. The van der Waals surface area contributed by atoms with Crippen LogP contribution in [-0.4, -0.2) is 17.6 Å². The highest BCUT2D eigenvalue weighted by atomic mass is 35.5. The molecule has 29 heavy (non-hydrogen) atoms. The standard InChI is InChI=1S/C22H18Cl2N2O3/c23-14-6-3-7-15(24)20(14)13-11-19(28)26(17-9-4-10-18(27)21(13)17)16-8-2-1-5-12(16)22(25)29/h1-3,5-8,13H,4,9-11H2,(H2,25,29). The molecule has 4 rings (SSSR count). The van der Waals surface area contributed by atoms with Crippen molar-refractivity contribution in [3.05, 3.63) is 74.9 Å². The summed E-state index contributed by atoms with van der Waals surface area (Å²) in [5.74, 6) is -1.40. The third kappa shape index (κ3) is 3.34. The molecule has 0 saturated carbocycles. The van der Waals surface area contributed by atoms with Gasteiger partial charge in [-0.3, -0.25) is 19.3 Å². The number of Topliss-reactive ketones (excluding diaryl/α,β-unsaturated/α-hetero) is 1. The van der Waals surface area contributed by atoms with Crippen LogP contribution in [0.15, 0.2) is 53.7 Å². The first-order valence-corrected chi connectivity index (χ1v) is 10.1. The molecule has 2 N–H and O–H groups in total. The number of benzene rings is 2. The summed E-state index contributed by atoms with van der Waals surface area (Å²) in [6.45, 7) is 0. The number of nitrogens with two attached hydrogens (primary N) is 1. The van der Waals surface area contributed by atoms with Gasteiger partial charge >= 0.3 is 0 Å². The van der Waals surface area contributed by atoms with Crippen LogP contribution in [0, 0.1) is 0 Å². The predicted octanol–water partition coefficient (Wildman–Crippen LogP) is 4.62. The van der Waals surface area contributed by atoms with E-state index in [1.807, 2.05) is 0 Å². The molecule has 2 aromatic carbocycles. The van der Waals surface area contributed by atoms with Gasteiger partial charge in [0.05, 0.1) is 11.3 Å². The van der Waals surface area contributed by atoms with Gasteiger partial charge in [-0.05, 0) is 42.7 Å². The highest BCUT2D eigenvalue weighted by molar-refractivity contribution is 6.36. The summed E-state index contributed by atoms with van der Waals surface area (Å²) in [7, 11) is 0. The molecule has 5 nitrogen and oxygen atoms in total. The molecule has 1 atom stereocenters. The lowest BCUT2D eigenvalue weighted by atomic mass is 9.77. The Morgan fingerprint density at radius 1 is 1.00 bits per heavy atom. The van der Waals surface area contributed by atoms with Gasteiger partial charge in [0.15, 0.2) is 5.78 Å². The summed E-state index contributed by atoms with van der Waals surface area (Å²) in [5.41, 5.74) is 7.90. The van der Waals surface area contributed by atoms with Crippen LogP contribution in [0.25, 0.3) is 0 Å². The van der Waals surface area contributed by atoms with Crippen LogP contribution in [0.3, 0.4) is 0 Å². The first-order chi connectivity index (χ1) is 13.9. The number of anilines is 1. The van der Waals surface area contributed by atoms with Crippen molar-refractivity contribution in [1.82, 2.24) is 0 Å². The monoisotopic (exact) mass is 428 g/mol. The SMILES string of the molecule is NC(=O)c1ccccc1N1C(=O)CC(c2c(Cl)cccc2Cl)C2=C1CCCC2=O. The minimum Gasteiger partial charge on any atom is -0.366 e. The van der Waals surface area contributed by atoms with Crippen LogP contribution >= 0.6 is 23.2 Å². The van der Waals surface area contributed by atoms with Gasteiger partial charge in [0.1, 0.15) is 0 Å². The quantitative estimate of drug-likeness (QED) is 0.773. The number of nitrogens with zero attached hydrogens (tertiary/aromatic N) is 1. The van der Waals surface area contributed by atoms with Crippen LogP contribution in [0.2, 0.25) is 10.0 Å². The van der Waals surface area contributed by atoms with Crippen LogP contribution < -0.4 is 10.6 Å². The average Bonchev–Trinajstić information content (AvgIpc) is 2.68. The number of rotatable bonds is 3. The third-order valence-electron chi connectivity index (χ3n) is 5.43. The summed E-state index contributed by atoms with van der Waals surface area (Å²) in [6.07, 6.45) is 1.60. The number of hydrogen-bond donors (Lipinski definition) is 1. The van der Waals surface area contributed by atoms with Crippen molar-refractivity contribution < 1.29 is 14.4 Å². The van der Waals surface area contributed by atoms with Gasteiger partial charge in [-0.2, -0.15) is 0 Å². The van der Waals surface area contributed by atoms with E-state index in [1.165, 1.54) is 4.90 Å². The molecule has 7 heteroatoms. The molecule has 2 aromatic rings. The maximum absolute atomic E-state index is 13.3. The summed E-state index contributed by atoms with van der Waals surface area (Å²) in [6, 6.07) is 11.8. The van der Waals surface area contributed by atoms with E-state index < -0.39 is 11.8 Å². The van der Waals surface area contributed by atoms with Crippen LogP contribution in [-0.2, 0) is 9.59 Å². The van der Waals surface area contributed by atoms with E-state index in [9.17, 15) is 14.4 Å². The zero-order valence-electron chi connectivity index (χ0n) is 15.5. The molecular formula is C22H18Cl2N2O3. The number of carbonyl (C=O) groups is 3. The Labute approximate surface area is 178 Å². The molecule has 0 aromatic heterocycles. The van der Waals surface area contributed by atoms with E-state index in [1.54, 1.807) is 42.5 Å². The second-order valence-corrected chi connectivity index (χ2v) is 7.95.